The highest BCUT2D eigenvalue weighted by atomic mass is 16.5. The van der Waals surface area contributed by atoms with Gasteiger partial charge in [-0.15, -0.1) is 0 Å². The molecule has 1 saturated heterocycles. The van der Waals surface area contributed by atoms with Crippen LogP contribution in [0.2, 0.25) is 0 Å². The Hall–Kier alpha value is -0.120. The zero-order chi connectivity index (χ0) is 15.4. The molecule has 1 fully saturated rings. The molecular weight excluding hydrogens is 248 g/mol. The summed E-state index contributed by atoms with van der Waals surface area (Å²) in [5, 5.41) is 3.84. The van der Waals surface area contributed by atoms with E-state index in [2.05, 4.69) is 51.8 Å². The third-order valence-electron chi connectivity index (χ3n) is 5.75. The molecule has 0 amide bonds. The topological polar surface area (TPSA) is 24.5 Å². The van der Waals surface area contributed by atoms with E-state index in [9.17, 15) is 0 Å². The van der Waals surface area contributed by atoms with E-state index in [4.69, 9.17) is 4.74 Å². The Balaban J connectivity index is 2.79. The van der Waals surface area contributed by atoms with Crippen LogP contribution in [0.3, 0.4) is 0 Å². The van der Waals surface area contributed by atoms with Crippen LogP contribution in [0.1, 0.15) is 67.2 Å². The van der Waals surface area contributed by atoms with Gasteiger partial charge >= 0.3 is 0 Å². The highest BCUT2D eigenvalue weighted by Crippen LogP contribution is 2.31. The number of nitrogens with zero attached hydrogens (tertiary/aromatic N) is 1. The summed E-state index contributed by atoms with van der Waals surface area (Å²) >= 11 is 0. The molecule has 1 atom stereocenters. The molecule has 0 bridgehead atoms. The zero-order valence-electron chi connectivity index (χ0n) is 14.8. The van der Waals surface area contributed by atoms with Crippen molar-refractivity contribution >= 4 is 0 Å². The van der Waals surface area contributed by atoms with Crippen LogP contribution in [0.25, 0.3) is 0 Å². The second-order valence-corrected chi connectivity index (χ2v) is 7.33. The molecule has 1 unspecified atom stereocenters. The number of piperazine rings is 1. The molecule has 0 aromatic carbocycles. The number of ether oxygens (including phenoxy) is 1. The monoisotopic (exact) mass is 284 g/mol. The van der Waals surface area contributed by atoms with Crippen molar-refractivity contribution in [1.29, 1.82) is 0 Å². The fourth-order valence-corrected chi connectivity index (χ4v) is 3.03. The molecule has 3 heteroatoms. The number of rotatable bonds is 7. The van der Waals surface area contributed by atoms with Gasteiger partial charge in [-0.1, -0.05) is 20.8 Å². The van der Waals surface area contributed by atoms with Crippen molar-refractivity contribution in [3.05, 3.63) is 0 Å². The summed E-state index contributed by atoms with van der Waals surface area (Å²) in [7, 11) is 1.82. The van der Waals surface area contributed by atoms with Gasteiger partial charge in [-0.05, 0) is 46.5 Å². The first-order valence-electron chi connectivity index (χ1n) is 8.31. The minimum absolute atomic E-state index is 0.0272. The molecule has 20 heavy (non-hydrogen) atoms. The summed E-state index contributed by atoms with van der Waals surface area (Å²) in [5.41, 5.74) is 0.546. The minimum atomic E-state index is -0.0272. The normalized spacial score (nSPS) is 27.8. The van der Waals surface area contributed by atoms with E-state index in [1.165, 1.54) is 19.3 Å². The lowest BCUT2D eigenvalue weighted by molar-refractivity contribution is -0.0294. The maximum Gasteiger partial charge on any atom is 0.0634 e. The third-order valence-corrected chi connectivity index (χ3v) is 5.75. The lowest BCUT2D eigenvalue weighted by Crippen LogP contribution is -2.69. The summed E-state index contributed by atoms with van der Waals surface area (Å²) in [6, 6.07) is 0. The lowest BCUT2D eigenvalue weighted by Gasteiger charge is -2.53. The fraction of sp³-hybridized carbons (Fsp3) is 1.00. The predicted molar refractivity (Wildman–Crippen MR) is 87.3 cm³/mol. The number of hydrogen-bond donors (Lipinski definition) is 1. The van der Waals surface area contributed by atoms with Crippen LogP contribution < -0.4 is 5.32 Å². The van der Waals surface area contributed by atoms with Crippen LogP contribution in [-0.2, 0) is 4.74 Å². The predicted octanol–water partition coefficient (Wildman–Crippen LogP) is 3.43. The summed E-state index contributed by atoms with van der Waals surface area (Å²) in [4.78, 5) is 2.71. The summed E-state index contributed by atoms with van der Waals surface area (Å²) in [6.07, 6.45) is 4.68. The van der Waals surface area contributed by atoms with E-state index in [1.54, 1.807) is 0 Å². The number of methoxy groups -OCH3 is 1. The molecular formula is C17H36N2O. The molecule has 0 saturated carbocycles. The Bertz CT molecular complexity index is 299. The summed E-state index contributed by atoms with van der Waals surface area (Å²) in [5.74, 6) is 0. The molecule has 0 aromatic heterocycles. The van der Waals surface area contributed by atoms with Gasteiger partial charge in [0.1, 0.15) is 0 Å². The van der Waals surface area contributed by atoms with E-state index in [0.29, 0.717) is 5.54 Å². The Morgan fingerprint density at radius 2 is 1.75 bits per heavy atom. The Kier molecular flexibility index (Phi) is 6.06. The lowest BCUT2D eigenvalue weighted by atomic mass is 9.82. The first-order chi connectivity index (χ1) is 9.26. The first kappa shape index (κ1) is 17.9. The third kappa shape index (κ3) is 3.96. The van der Waals surface area contributed by atoms with Gasteiger partial charge in [-0.25, -0.2) is 0 Å². The summed E-state index contributed by atoms with van der Waals surface area (Å²) < 4.78 is 5.59. The molecule has 120 valence electrons. The average Bonchev–Trinajstić information content (AvgIpc) is 2.47. The highest BCUT2D eigenvalue weighted by molar-refractivity contribution is 5.02. The van der Waals surface area contributed by atoms with E-state index in [-0.39, 0.29) is 11.1 Å². The van der Waals surface area contributed by atoms with Crippen LogP contribution in [0, 0.1) is 0 Å². The maximum atomic E-state index is 5.59. The van der Waals surface area contributed by atoms with Crippen molar-refractivity contribution in [2.24, 2.45) is 0 Å². The van der Waals surface area contributed by atoms with E-state index in [0.717, 1.165) is 26.1 Å². The van der Waals surface area contributed by atoms with Crippen molar-refractivity contribution in [3.63, 3.8) is 0 Å². The zero-order valence-corrected chi connectivity index (χ0v) is 14.8. The molecule has 3 nitrogen and oxygen atoms in total. The molecule has 1 aliphatic rings. The van der Waals surface area contributed by atoms with Crippen molar-refractivity contribution < 1.29 is 4.74 Å². The van der Waals surface area contributed by atoms with Crippen LogP contribution >= 0.6 is 0 Å². The Morgan fingerprint density at radius 1 is 1.15 bits per heavy atom. The SMILES string of the molecule is CCC1(CC)CN(CCC(C)(C)OC)C(C)(CC)CN1. The first-order valence-corrected chi connectivity index (χ1v) is 8.31. The molecule has 0 radical (unpaired) electrons. The second-order valence-electron chi connectivity index (χ2n) is 7.33. The molecule has 0 aliphatic carbocycles. The molecule has 0 spiro atoms. The van der Waals surface area contributed by atoms with Gasteiger partial charge in [0.25, 0.3) is 0 Å². The standard InChI is InChI=1S/C17H36N2O/c1-8-16(6)13-18-17(9-2,10-3)14-19(16)12-11-15(4,5)20-7/h18H,8-14H2,1-7H3. The smallest absolute Gasteiger partial charge is 0.0634 e. The molecule has 1 heterocycles. The fourth-order valence-electron chi connectivity index (χ4n) is 3.03. The van der Waals surface area contributed by atoms with Gasteiger partial charge in [-0.2, -0.15) is 0 Å². The second kappa shape index (κ2) is 6.76. The van der Waals surface area contributed by atoms with Gasteiger partial charge in [0.05, 0.1) is 5.60 Å². The highest BCUT2D eigenvalue weighted by Gasteiger charge is 2.42. The average molecular weight is 284 g/mol. The Labute approximate surface area is 126 Å². The van der Waals surface area contributed by atoms with Crippen LogP contribution in [0.4, 0.5) is 0 Å². The van der Waals surface area contributed by atoms with Gasteiger partial charge in [0.2, 0.25) is 0 Å². The van der Waals surface area contributed by atoms with Crippen molar-refractivity contribution in [3.8, 4) is 0 Å². The molecule has 1 rings (SSSR count). The Morgan fingerprint density at radius 3 is 2.20 bits per heavy atom. The van der Waals surface area contributed by atoms with Gasteiger partial charge < -0.3 is 10.1 Å². The van der Waals surface area contributed by atoms with Crippen molar-refractivity contribution in [2.75, 3.05) is 26.7 Å². The van der Waals surface area contributed by atoms with Gasteiger partial charge in [0.15, 0.2) is 0 Å². The summed E-state index contributed by atoms with van der Waals surface area (Å²) in [6.45, 7) is 17.1. The van der Waals surface area contributed by atoms with Crippen LogP contribution in [-0.4, -0.2) is 48.3 Å². The quantitative estimate of drug-likeness (QED) is 0.775. The molecule has 0 aromatic rings. The maximum absolute atomic E-state index is 5.59. The molecule has 1 N–H and O–H groups in total. The van der Waals surface area contributed by atoms with Crippen LogP contribution in [0.15, 0.2) is 0 Å². The van der Waals surface area contributed by atoms with Crippen molar-refractivity contribution in [2.45, 2.75) is 83.9 Å². The number of nitrogens with one attached hydrogen (secondary N) is 1. The molecule has 1 aliphatic heterocycles. The van der Waals surface area contributed by atoms with Gasteiger partial charge in [0, 0.05) is 37.8 Å². The van der Waals surface area contributed by atoms with Gasteiger partial charge in [-0.3, -0.25) is 4.90 Å². The van der Waals surface area contributed by atoms with Crippen molar-refractivity contribution in [1.82, 2.24) is 10.2 Å². The van der Waals surface area contributed by atoms with E-state index in [1.807, 2.05) is 7.11 Å². The number of hydrogen-bond acceptors (Lipinski definition) is 3. The van der Waals surface area contributed by atoms with E-state index >= 15 is 0 Å². The minimum Gasteiger partial charge on any atom is -0.379 e. The van der Waals surface area contributed by atoms with Crippen LogP contribution in [0.5, 0.6) is 0 Å². The van der Waals surface area contributed by atoms with E-state index < -0.39 is 0 Å². The largest absolute Gasteiger partial charge is 0.379 e.